The van der Waals surface area contributed by atoms with E-state index in [0.29, 0.717) is 0 Å². The Morgan fingerprint density at radius 2 is 1.77 bits per heavy atom. The molecular formula is C13H22N6O7. The van der Waals surface area contributed by atoms with Gasteiger partial charge in [0.25, 0.3) is 0 Å². The summed E-state index contributed by atoms with van der Waals surface area (Å²) in [6.45, 7) is 0.859. The molecule has 0 bridgehead atoms. The molecule has 3 amide bonds. The molecule has 1 aromatic heterocycles. The zero-order valence-corrected chi connectivity index (χ0v) is 14.2. The molecule has 0 saturated heterocycles. The molecule has 0 aliphatic rings. The third-order valence-corrected chi connectivity index (χ3v) is 3.33. The fourth-order valence-corrected chi connectivity index (χ4v) is 1.95. The summed E-state index contributed by atoms with van der Waals surface area (Å²) in [5.41, 5.74) is 5.14. The molecule has 0 saturated carbocycles. The maximum absolute atomic E-state index is 12.0. The van der Waals surface area contributed by atoms with Crippen LogP contribution >= 0.6 is 0 Å². The number of carboxylic acid groups (broad SMARTS) is 1. The molecule has 13 nitrogen and oxygen atoms in total. The molecule has 8 N–H and O–H groups in total. The first-order valence-electron chi connectivity index (χ1n) is 7.57. The second kappa shape index (κ2) is 9.65. The molecule has 0 spiro atoms. The molecule has 1 unspecified atom stereocenters. The molecule has 0 fully saturated rings. The maximum Gasteiger partial charge on any atom is 0.328 e. The van der Waals surface area contributed by atoms with Gasteiger partial charge >= 0.3 is 12.0 Å². The van der Waals surface area contributed by atoms with Crippen LogP contribution < -0.4 is 21.7 Å². The van der Waals surface area contributed by atoms with Gasteiger partial charge in [0.05, 0.1) is 19.1 Å². The average molecular weight is 374 g/mol. The van der Waals surface area contributed by atoms with E-state index in [4.69, 9.17) is 15.3 Å². The molecular weight excluding hydrogens is 352 g/mol. The number of rotatable bonds is 10. The van der Waals surface area contributed by atoms with Crippen LogP contribution in [0.4, 0.5) is 4.79 Å². The summed E-state index contributed by atoms with van der Waals surface area (Å²) in [7, 11) is 1.56. The lowest BCUT2D eigenvalue weighted by atomic mass is 10.2. The first-order chi connectivity index (χ1) is 12.2. The number of hydrogen-bond donors (Lipinski definition) is 7. The van der Waals surface area contributed by atoms with Gasteiger partial charge in [-0.25, -0.2) is 9.59 Å². The van der Waals surface area contributed by atoms with Crippen molar-refractivity contribution >= 4 is 17.9 Å². The summed E-state index contributed by atoms with van der Waals surface area (Å²) >= 11 is 0. The second-order valence-electron chi connectivity index (χ2n) is 5.40. The van der Waals surface area contributed by atoms with Crippen molar-refractivity contribution in [2.75, 3.05) is 13.7 Å². The van der Waals surface area contributed by atoms with Crippen LogP contribution in [0.5, 0.6) is 0 Å². The zero-order chi connectivity index (χ0) is 19.9. The number of urea groups is 1. The van der Waals surface area contributed by atoms with Crippen molar-refractivity contribution in [2.24, 2.45) is 5.73 Å². The van der Waals surface area contributed by atoms with Gasteiger partial charge in [0.2, 0.25) is 17.7 Å². The minimum atomic E-state index is -1.56. The van der Waals surface area contributed by atoms with Crippen LogP contribution in [0.2, 0.25) is 0 Å². The van der Waals surface area contributed by atoms with Crippen molar-refractivity contribution in [1.29, 1.82) is 0 Å². The zero-order valence-electron chi connectivity index (χ0n) is 14.2. The number of aliphatic hydroxyl groups excluding tert-OH is 2. The number of aliphatic carboxylic acids is 1. The van der Waals surface area contributed by atoms with E-state index in [0.717, 1.165) is 0 Å². The number of aromatic nitrogens is 2. The summed E-state index contributed by atoms with van der Waals surface area (Å²) in [6, 6.07) is -4.33. The van der Waals surface area contributed by atoms with E-state index in [-0.39, 0.29) is 18.4 Å². The molecule has 4 atom stereocenters. The smallest absolute Gasteiger partial charge is 0.328 e. The molecule has 1 rings (SSSR count). The van der Waals surface area contributed by atoms with Gasteiger partial charge in [-0.05, 0) is 14.0 Å². The molecule has 0 radical (unpaired) electrons. The Bertz CT molecular complexity index is 630. The van der Waals surface area contributed by atoms with Crippen molar-refractivity contribution in [3.8, 4) is 0 Å². The standard InChI is InChI=1S/C13H22N6O7/c1-5(21)9(12(23)24)17-13(25)16-6(3-8(14)22)10-18-19-11(26-10)7(4-20)15-2/h5-7,9,15,20-21H,3-4H2,1-2H3,(H2,14,22)(H,23,24)(H2,16,17,25)/t5?,6-,7-,9-/m0/s1. The van der Waals surface area contributed by atoms with Crippen molar-refractivity contribution < 1.29 is 34.1 Å². The van der Waals surface area contributed by atoms with Gasteiger partial charge < -0.3 is 41.4 Å². The second-order valence-corrected chi connectivity index (χ2v) is 5.40. The van der Waals surface area contributed by atoms with Crippen molar-refractivity contribution in [2.45, 2.75) is 37.6 Å². The predicted molar refractivity (Wildman–Crippen MR) is 84.5 cm³/mol. The van der Waals surface area contributed by atoms with Crippen LogP contribution in [0.3, 0.4) is 0 Å². The van der Waals surface area contributed by atoms with Gasteiger partial charge in [-0.2, -0.15) is 0 Å². The number of aliphatic hydroxyl groups is 2. The highest BCUT2D eigenvalue weighted by Gasteiger charge is 2.29. The van der Waals surface area contributed by atoms with Crippen LogP contribution in [-0.2, 0) is 9.59 Å². The predicted octanol–water partition coefficient (Wildman–Crippen LogP) is -2.63. The lowest BCUT2D eigenvalue weighted by Crippen LogP contribution is -2.52. The quantitative estimate of drug-likeness (QED) is 0.226. The first-order valence-corrected chi connectivity index (χ1v) is 7.57. The number of likely N-dealkylation sites (N-methyl/N-ethyl adjacent to an activating group) is 1. The minimum Gasteiger partial charge on any atom is -0.480 e. The van der Waals surface area contributed by atoms with E-state index < -0.39 is 48.6 Å². The number of nitrogens with zero attached hydrogens (tertiary/aromatic N) is 2. The lowest BCUT2D eigenvalue weighted by molar-refractivity contribution is -0.141. The van der Waals surface area contributed by atoms with Gasteiger partial charge in [0, 0.05) is 0 Å². The van der Waals surface area contributed by atoms with Gasteiger partial charge in [-0.1, -0.05) is 0 Å². The van der Waals surface area contributed by atoms with E-state index in [1.165, 1.54) is 6.92 Å². The molecule has 0 aromatic carbocycles. The highest BCUT2D eigenvalue weighted by molar-refractivity contribution is 5.83. The number of carboxylic acids is 1. The molecule has 0 aliphatic carbocycles. The highest BCUT2D eigenvalue weighted by Crippen LogP contribution is 2.18. The third-order valence-electron chi connectivity index (χ3n) is 3.33. The topological polar surface area (TPSA) is 213 Å². The van der Waals surface area contributed by atoms with Gasteiger partial charge in [-0.3, -0.25) is 4.79 Å². The number of carbonyl (C=O) groups is 3. The number of hydrogen-bond acceptors (Lipinski definition) is 9. The fourth-order valence-electron chi connectivity index (χ4n) is 1.95. The summed E-state index contributed by atoms with van der Waals surface area (Å²) in [6.07, 6.45) is -1.76. The van der Waals surface area contributed by atoms with Crippen molar-refractivity contribution in [1.82, 2.24) is 26.1 Å². The Morgan fingerprint density at radius 1 is 1.19 bits per heavy atom. The molecule has 146 valence electrons. The Morgan fingerprint density at radius 3 is 2.19 bits per heavy atom. The van der Waals surface area contributed by atoms with Gasteiger partial charge in [0.15, 0.2) is 6.04 Å². The molecule has 1 heterocycles. The molecule has 1 aromatic rings. The number of carbonyl (C=O) groups excluding carboxylic acids is 2. The number of primary amides is 1. The maximum atomic E-state index is 12.0. The average Bonchev–Trinajstić information content (AvgIpc) is 3.02. The summed E-state index contributed by atoms with van der Waals surface area (Å²) in [5.74, 6) is -2.37. The Kier molecular flexibility index (Phi) is 7.89. The van der Waals surface area contributed by atoms with E-state index >= 15 is 0 Å². The first kappa shape index (κ1) is 21.3. The number of nitrogens with one attached hydrogen (secondary N) is 3. The normalized spacial score (nSPS) is 15.5. The van der Waals surface area contributed by atoms with Crippen molar-refractivity contribution in [3.05, 3.63) is 11.8 Å². The van der Waals surface area contributed by atoms with E-state index in [2.05, 4.69) is 20.8 Å². The molecule has 13 heteroatoms. The van der Waals surface area contributed by atoms with Gasteiger partial charge in [-0.15, -0.1) is 10.2 Å². The minimum absolute atomic E-state index is 0.0223. The van der Waals surface area contributed by atoms with E-state index in [9.17, 15) is 24.6 Å². The fraction of sp³-hybridized carbons (Fsp3) is 0.615. The molecule has 26 heavy (non-hydrogen) atoms. The SMILES string of the molecule is CN[C@@H](CO)c1nnc([C@H](CC(N)=O)NC(=O)N[C@H](C(=O)O)C(C)O)o1. The lowest BCUT2D eigenvalue weighted by Gasteiger charge is -2.20. The number of nitrogens with two attached hydrogens (primary N) is 1. The number of amides is 3. The van der Waals surface area contributed by atoms with Gasteiger partial charge in [0.1, 0.15) is 12.1 Å². The monoisotopic (exact) mass is 374 g/mol. The third kappa shape index (κ3) is 5.94. The van der Waals surface area contributed by atoms with Crippen LogP contribution in [0.1, 0.15) is 37.2 Å². The Labute approximate surface area is 148 Å². The summed E-state index contributed by atoms with van der Waals surface area (Å²) in [4.78, 5) is 34.2. The molecule has 0 aliphatic heterocycles. The van der Waals surface area contributed by atoms with Crippen LogP contribution in [0.25, 0.3) is 0 Å². The Balaban J connectivity index is 2.92. The van der Waals surface area contributed by atoms with E-state index in [1.807, 2.05) is 5.32 Å². The summed E-state index contributed by atoms with van der Waals surface area (Å²) in [5, 5.41) is 42.0. The van der Waals surface area contributed by atoms with Crippen LogP contribution in [0.15, 0.2) is 4.42 Å². The Hall–Kier alpha value is -2.77. The van der Waals surface area contributed by atoms with E-state index in [1.54, 1.807) is 7.05 Å². The van der Waals surface area contributed by atoms with Crippen LogP contribution in [-0.4, -0.2) is 69.2 Å². The van der Waals surface area contributed by atoms with Crippen LogP contribution in [0, 0.1) is 0 Å². The highest BCUT2D eigenvalue weighted by atomic mass is 16.4. The summed E-state index contributed by atoms with van der Waals surface area (Å²) < 4.78 is 5.33. The van der Waals surface area contributed by atoms with Crippen molar-refractivity contribution in [3.63, 3.8) is 0 Å². The largest absolute Gasteiger partial charge is 0.480 e.